The van der Waals surface area contributed by atoms with Gasteiger partial charge in [0.1, 0.15) is 17.9 Å². The number of halogens is 1. The van der Waals surface area contributed by atoms with Crippen LogP contribution in [0.5, 0.6) is 5.75 Å². The maximum absolute atomic E-state index is 13.1. The van der Waals surface area contributed by atoms with Gasteiger partial charge in [0.05, 0.1) is 21.8 Å². The molecule has 4 amide bonds. The fourth-order valence-corrected chi connectivity index (χ4v) is 4.08. The fourth-order valence-electron chi connectivity index (χ4n) is 3.57. The number of ether oxygens (including phenoxy) is 1. The van der Waals surface area contributed by atoms with E-state index in [1.54, 1.807) is 42.5 Å². The molecule has 1 fully saturated rings. The molecule has 0 bridgehead atoms. The first kappa shape index (κ1) is 23.9. The van der Waals surface area contributed by atoms with Gasteiger partial charge in [0, 0.05) is 5.56 Å². The molecular formula is C27H20BrN3O4. The summed E-state index contributed by atoms with van der Waals surface area (Å²) in [7, 11) is 0. The maximum Gasteiger partial charge on any atom is 0.335 e. The summed E-state index contributed by atoms with van der Waals surface area (Å²) in [5.74, 6) is -0.925. The fraction of sp³-hybridized carbons (Fsp3) is 0.111. The summed E-state index contributed by atoms with van der Waals surface area (Å²) in [5, 5.41) is 11.5. The number of barbiturate groups is 1. The van der Waals surface area contributed by atoms with Crippen molar-refractivity contribution in [3.63, 3.8) is 0 Å². The average molecular weight is 530 g/mol. The van der Waals surface area contributed by atoms with Crippen molar-refractivity contribution in [3.8, 4) is 11.8 Å². The highest BCUT2D eigenvalue weighted by atomic mass is 79.9. The van der Waals surface area contributed by atoms with Gasteiger partial charge >= 0.3 is 6.03 Å². The molecule has 1 aliphatic heterocycles. The minimum absolute atomic E-state index is 0.160. The summed E-state index contributed by atoms with van der Waals surface area (Å²) in [6.45, 7) is 2.21. The van der Waals surface area contributed by atoms with Gasteiger partial charge in [0.25, 0.3) is 11.8 Å². The van der Waals surface area contributed by atoms with Crippen LogP contribution in [0, 0.1) is 11.3 Å². The molecule has 0 radical (unpaired) electrons. The van der Waals surface area contributed by atoms with Crippen LogP contribution < -0.4 is 15.0 Å². The highest BCUT2D eigenvalue weighted by Gasteiger charge is 2.36. The van der Waals surface area contributed by atoms with Crippen LogP contribution in [0.25, 0.3) is 6.08 Å². The normalized spacial score (nSPS) is 14.6. The lowest BCUT2D eigenvalue weighted by Crippen LogP contribution is -2.54. The molecule has 8 heteroatoms. The highest BCUT2D eigenvalue weighted by Crippen LogP contribution is 2.29. The number of carbonyl (C=O) groups excluding carboxylic acids is 3. The number of nitrogens with zero attached hydrogens (tertiary/aromatic N) is 2. The van der Waals surface area contributed by atoms with Crippen molar-refractivity contribution in [2.45, 2.75) is 20.0 Å². The molecule has 0 spiro atoms. The second kappa shape index (κ2) is 10.4. The summed E-state index contributed by atoms with van der Waals surface area (Å²) in [6, 6.07) is 20.6. The zero-order valence-electron chi connectivity index (χ0n) is 18.7. The number of aryl methyl sites for hydroxylation is 1. The number of hydrogen-bond donors (Lipinski definition) is 1. The smallest absolute Gasteiger partial charge is 0.335 e. The summed E-state index contributed by atoms with van der Waals surface area (Å²) >= 11 is 3.45. The number of hydrogen-bond acceptors (Lipinski definition) is 5. The predicted octanol–water partition coefficient (Wildman–Crippen LogP) is 5.13. The third-order valence-electron chi connectivity index (χ3n) is 5.49. The van der Waals surface area contributed by atoms with Crippen molar-refractivity contribution in [2.75, 3.05) is 4.90 Å². The van der Waals surface area contributed by atoms with Gasteiger partial charge in [-0.15, -0.1) is 0 Å². The first-order valence-electron chi connectivity index (χ1n) is 10.8. The van der Waals surface area contributed by atoms with Crippen LogP contribution in [0.1, 0.15) is 29.2 Å². The monoisotopic (exact) mass is 529 g/mol. The molecule has 35 heavy (non-hydrogen) atoms. The van der Waals surface area contributed by atoms with E-state index in [2.05, 4.69) is 27.3 Å². The molecule has 0 atom stereocenters. The van der Waals surface area contributed by atoms with E-state index in [9.17, 15) is 19.6 Å². The minimum Gasteiger partial charge on any atom is -0.488 e. The Labute approximate surface area is 210 Å². The van der Waals surface area contributed by atoms with E-state index in [1.807, 2.05) is 31.2 Å². The zero-order chi connectivity index (χ0) is 24.9. The van der Waals surface area contributed by atoms with Gasteiger partial charge in [-0.3, -0.25) is 14.9 Å². The van der Waals surface area contributed by atoms with Crippen LogP contribution in [-0.2, 0) is 22.6 Å². The molecule has 7 nitrogen and oxygen atoms in total. The minimum atomic E-state index is -0.788. The van der Waals surface area contributed by atoms with E-state index < -0.39 is 17.8 Å². The number of nitriles is 1. The van der Waals surface area contributed by atoms with E-state index in [0.717, 1.165) is 22.4 Å². The molecular weight excluding hydrogens is 510 g/mol. The average Bonchev–Trinajstić information content (AvgIpc) is 2.86. The van der Waals surface area contributed by atoms with Crippen LogP contribution in [0.15, 0.2) is 76.8 Å². The van der Waals surface area contributed by atoms with Crippen molar-refractivity contribution in [2.24, 2.45) is 0 Å². The first-order chi connectivity index (χ1) is 16.9. The second-order valence-corrected chi connectivity index (χ2v) is 8.58. The molecule has 1 aliphatic rings. The number of anilines is 1. The lowest BCUT2D eigenvalue weighted by molar-refractivity contribution is -0.122. The SMILES string of the molecule is CCc1ccc(N2C(=O)NC(=O)/C(=C/c3ccc(OCc4ccccc4C#N)c(Br)c3)C2=O)cc1. The number of benzene rings is 3. The van der Waals surface area contributed by atoms with Gasteiger partial charge in [-0.25, -0.2) is 9.69 Å². The van der Waals surface area contributed by atoms with Gasteiger partial charge in [-0.1, -0.05) is 43.3 Å². The van der Waals surface area contributed by atoms with Crippen LogP contribution in [0.4, 0.5) is 10.5 Å². The molecule has 0 aliphatic carbocycles. The summed E-state index contributed by atoms with van der Waals surface area (Å²) in [5.41, 5.74) is 3.15. The summed E-state index contributed by atoms with van der Waals surface area (Å²) in [4.78, 5) is 38.9. The molecule has 1 heterocycles. The van der Waals surface area contributed by atoms with E-state index >= 15 is 0 Å². The molecule has 3 aromatic carbocycles. The number of imide groups is 2. The number of rotatable bonds is 6. The number of amides is 4. The van der Waals surface area contributed by atoms with Crippen LogP contribution in [0.2, 0.25) is 0 Å². The molecule has 0 aromatic heterocycles. The lowest BCUT2D eigenvalue weighted by atomic mass is 10.1. The number of nitrogens with one attached hydrogen (secondary N) is 1. The Balaban J connectivity index is 1.56. The molecule has 1 N–H and O–H groups in total. The Morgan fingerprint density at radius 1 is 1.06 bits per heavy atom. The van der Waals surface area contributed by atoms with E-state index in [4.69, 9.17) is 4.74 Å². The van der Waals surface area contributed by atoms with E-state index in [0.29, 0.717) is 27.0 Å². The quantitative estimate of drug-likeness (QED) is 0.352. The molecule has 174 valence electrons. The van der Waals surface area contributed by atoms with Gasteiger partial charge in [-0.05, 0) is 69.9 Å². The Hall–Kier alpha value is -4.22. The largest absolute Gasteiger partial charge is 0.488 e. The lowest BCUT2D eigenvalue weighted by Gasteiger charge is -2.26. The maximum atomic E-state index is 13.1. The van der Waals surface area contributed by atoms with Gasteiger partial charge in [0.15, 0.2) is 0 Å². The second-order valence-electron chi connectivity index (χ2n) is 7.73. The van der Waals surface area contributed by atoms with Crippen molar-refractivity contribution >= 4 is 45.5 Å². The Bertz CT molecular complexity index is 1390. The van der Waals surface area contributed by atoms with E-state index in [1.165, 1.54) is 6.08 Å². The first-order valence-corrected chi connectivity index (χ1v) is 11.6. The standard InChI is InChI=1S/C27H20BrN3O4/c1-2-17-7-10-21(11-8-17)31-26(33)22(25(32)30-27(31)34)13-18-9-12-24(23(28)14-18)35-16-20-6-4-3-5-19(20)15-29/h3-14H,2,16H2,1H3,(H,30,32,34)/b22-13-. The molecule has 1 saturated heterocycles. The Morgan fingerprint density at radius 3 is 2.49 bits per heavy atom. The van der Waals surface area contributed by atoms with Crippen molar-refractivity contribution in [1.82, 2.24) is 5.32 Å². The molecule has 0 saturated carbocycles. The number of carbonyl (C=O) groups is 3. The van der Waals surface area contributed by atoms with Crippen molar-refractivity contribution < 1.29 is 19.1 Å². The van der Waals surface area contributed by atoms with Crippen molar-refractivity contribution in [1.29, 1.82) is 5.26 Å². The van der Waals surface area contributed by atoms with Gasteiger partial charge in [-0.2, -0.15) is 5.26 Å². The number of urea groups is 1. The highest BCUT2D eigenvalue weighted by molar-refractivity contribution is 9.10. The van der Waals surface area contributed by atoms with Crippen LogP contribution >= 0.6 is 15.9 Å². The van der Waals surface area contributed by atoms with Crippen LogP contribution in [0.3, 0.4) is 0 Å². The molecule has 4 rings (SSSR count). The molecule has 0 unspecified atom stereocenters. The third-order valence-corrected chi connectivity index (χ3v) is 6.11. The summed E-state index contributed by atoms with van der Waals surface area (Å²) in [6.07, 6.45) is 2.25. The summed E-state index contributed by atoms with van der Waals surface area (Å²) < 4.78 is 6.45. The topological polar surface area (TPSA) is 99.5 Å². The Kier molecular flexibility index (Phi) is 7.09. The Morgan fingerprint density at radius 2 is 1.80 bits per heavy atom. The predicted molar refractivity (Wildman–Crippen MR) is 134 cm³/mol. The third kappa shape index (κ3) is 5.15. The van der Waals surface area contributed by atoms with E-state index in [-0.39, 0.29) is 12.2 Å². The van der Waals surface area contributed by atoms with Gasteiger partial charge < -0.3 is 4.74 Å². The molecule has 3 aromatic rings. The van der Waals surface area contributed by atoms with Gasteiger partial charge in [0.2, 0.25) is 0 Å². The zero-order valence-corrected chi connectivity index (χ0v) is 20.3. The van der Waals surface area contributed by atoms with Crippen molar-refractivity contribution in [3.05, 3.63) is 99.0 Å². The van der Waals surface area contributed by atoms with Crippen LogP contribution in [-0.4, -0.2) is 17.8 Å².